The molecule has 98 valence electrons. The number of para-hydroxylation sites is 1. The van der Waals surface area contributed by atoms with Crippen LogP contribution in [0.5, 0.6) is 0 Å². The lowest BCUT2D eigenvalue weighted by molar-refractivity contribution is 0.0992. The van der Waals surface area contributed by atoms with Crippen molar-refractivity contribution in [1.82, 2.24) is 4.98 Å². The van der Waals surface area contributed by atoms with Gasteiger partial charge in [0.2, 0.25) is 0 Å². The topological polar surface area (TPSA) is 45.2 Å². The zero-order chi connectivity index (χ0) is 13.8. The SMILES string of the molecule is CNc1ncc(C(=O)N(C)c2ccccc2)cc1Cl. The Kier molecular flexibility index (Phi) is 4.02. The number of anilines is 2. The van der Waals surface area contributed by atoms with Gasteiger partial charge in [-0.05, 0) is 18.2 Å². The van der Waals surface area contributed by atoms with E-state index >= 15 is 0 Å². The summed E-state index contributed by atoms with van der Waals surface area (Å²) in [5.74, 6) is 0.406. The van der Waals surface area contributed by atoms with Crippen LogP contribution >= 0.6 is 11.6 Å². The van der Waals surface area contributed by atoms with E-state index in [1.807, 2.05) is 30.3 Å². The molecule has 0 saturated carbocycles. The smallest absolute Gasteiger partial charge is 0.259 e. The van der Waals surface area contributed by atoms with Gasteiger partial charge in [-0.25, -0.2) is 4.98 Å². The highest BCUT2D eigenvalue weighted by molar-refractivity contribution is 6.33. The van der Waals surface area contributed by atoms with Crippen LogP contribution < -0.4 is 10.2 Å². The first-order valence-electron chi connectivity index (χ1n) is 5.80. The van der Waals surface area contributed by atoms with Crippen LogP contribution in [0.4, 0.5) is 11.5 Å². The van der Waals surface area contributed by atoms with Gasteiger partial charge in [0, 0.05) is 26.0 Å². The molecule has 0 aliphatic rings. The number of nitrogens with one attached hydrogen (secondary N) is 1. The van der Waals surface area contributed by atoms with Crippen LogP contribution in [0.25, 0.3) is 0 Å². The van der Waals surface area contributed by atoms with Crippen LogP contribution in [-0.2, 0) is 0 Å². The van der Waals surface area contributed by atoms with E-state index < -0.39 is 0 Å². The van der Waals surface area contributed by atoms with E-state index in [0.29, 0.717) is 16.4 Å². The molecule has 0 saturated heterocycles. The zero-order valence-corrected chi connectivity index (χ0v) is 11.5. The number of halogens is 1. The Bertz CT molecular complexity index is 586. The first-order valence-corrected chi connectivity index (χ1v) is 6.17. The predicted octanol–water partition coefficient (Wildman–Crippen LogP) is 3.05. The molecule has 5 heteroatoms. The third-order valence-electron chi connectivity index (χ3n) is 2.77. The zero-order valence-electron chi connectivity index (χ0n) is 10.7. The summed E-state index contributed by atoms with van der Waals surface area (Å²) in [4.78, 5) is 18.0. The number of benzene rings is 1. The number of aromatic nitrogens is 1. The lowest BCUT2D eigenvalue weighted by Crippen LogP contribution is -2.26. The summed E-state index contributed by atoms with van der Waals surface area (Å²) < 4.78 is 0. The molecule has 4 nitrogen and oxygen atoms in total. The van der Waals surface area contributed by atoms with Gasteiger partial charge < -0.3 is 10.2 Å². The minimum Gasteiger partial charge on any atom is -0.372 e. The average Bonchev–Trinajstić information content (AvgIpc) is 2.46. The molecule has 0 bridgehead atoms. The van der Waals surface area contributed by atoms with Crippen LogP contribution in [-0.4, -0.2) is 25.0 Å². The maximum atomic E-state index is 12.3. The van der Waals surface area contributed by atoms with E-state index in [-0.39, 0.29) is 5.91 Å². The molecule has 1 aromatic heterocycles. The number of carbonyl (C=O) groups excluding carboxylic acids is 1. The highest BCUT2D eigenvalue weighted by atomic mass is 35.5. The van der Waals surface area contributed by atoms with Crippen molar-refractivity contribution in [2.75, 3.05) is 24.3 Å². The molecule has 2 aromatic rings. The van der Waals surface area contributed by atoms with E-state index in [9.17, 15) is 4.79 Å². The summed E-state index contributed by atoms with van der Waals surface area (Å²) in [6, 6.07) is 11.0. The normalized spacial score (nSPS) is 10.1. The van der Waals surface area contributed by atoms with Crippen LogP contribution in [0.3, 0.4) is 0 Å². The molecule has 0 aliphatic heterocycles. The van der Waals surface area contributed by atoms with Gasteiger partial charge in [0.15, 0.2) is 0 Å². The minimum absolute atomic E-state index is 0.150. The van der Waals surface area contributed by atoms with Crippen molar-refractivity contribution in [3.63, 3.8) is 0 Å². The number of amides is 1. The van der Waals surface area contributed by atoms with Crippen molar-refractivity contribution in [3.8, 4) is 0 Å². The summed E-state index contributed by atoms with van der Waals surface area (Å²) in [6.45, 7) is 0. The maximum Gasteiger partial charge on any atom is 0.259 e. The first kappa shape index (κ1) is 13.4. The minimum atomic E-state index is -0.150. The Morgan fingerprint density at radius 1 is 1.32 bits per heavy atom. The molecule has 0 spiro atoms. The monoisotopic (exact) mass is 275 g/mol. The van der Waals surface area contributed by atoms with E-state index in [4.69, 9.17) is 11.6 Å². The lowest BCUT2D eigenvalue weighted by atomic mass is 10.2. The number of hydrogen-bond donors (Lipinski definition) is 1. The largest absolute Gasteiger partial charge is 0.372 e. The number of carbonyl (C=O) groups is 1. The van der Waals surface area contributed by atoms with Crippen molar-refractivity contribution in [2.45, 2.75) is 0 Å². The van der Waals surface area contributed by atoms with Crippen LogP contribution in [0, 0.1) is 0 Å². The fourth-order valence-electron chi connectivity index (χ4n) is 1.70. The number of rotatable bonds is 3. The van der Waals surface area contributed by atoms with Crippen LogP contribution in [0.2, 0.25) is 5.02 Å². The molecule has 19 heavy (non-hydrogen) atoms. The Labute approximate surface area is 117 Å². The second-order valence-corrected chi connectivity index (χ2v) is 4.41. The molecule has 0 unspecified atom stereocenters. The molecule has 0 radical (unpaired) electrons. The quantitative estimate of drug-likeness (QED) is 0.936. The van der Waals surface area contributed by atoms with Gasteiger partial charge in [0.25, 0.3) is 5.91 Å². The van der Waals surface area contributed by atoms with Crippen molar-refractivity contribution < 1.29 is 4.79 Å². The molecular weight excluding hydrogens is 262 g/mol. The molecule has 2 rings (SSSR count). The van der Waals surface area contributed by atoms with Gasteiger partial charge in [-0.3, -0.25) is 4.79 Å². The van der Waals surface area contributed by atoms with Gasteiger partial charge in [-0.2, -0.15) is 0 Å². The van der Waals surface area contributed by atoms with Gasteiger partial charge in [-0.1, -0.05) is 29.8 Å². The van der Waals surface area contributed by atoms with E-state index in [0.717, 1.165) is 5.69 Å². The maximum absolute atomic E-state index is 12.3. The van der Waals surface area contributed by atoms with E-state index in [1.165, 1.54) is 6.20 Å². The van der Waals surface area contributed by atoms with Crippen molar-refractivity contribution >= 4 is 29.0 Å². The third kappa shape index (κ3) is 2.85. The molecule has 1 N–H and O–H groups in total. The van der Waals surface area contributed by atoms with Gasteiger partial charge in [0.1, 0.15) is 5.82 Å². The highest BCUT2D eigenvalue weighted by Gasteiger charge is 2.15. The Morgan fingerprint density at radius 3 is 2.58 bits per heavy atom. The Balaban J connectivity index is 2.27. The summed E-state index contributed by atoms with van der Waals surface area (Å²) in [7, 11) is 3.45. The third-order valence-corrected chi connectivity index (χ3v) is 3.06. The van der Waals surface area contributed by atoms with Crippen LogP contribution in [0.15, 0.2) is 42.6 Å². The predicted molar refractivity (Wildman–Crippen MR) is 78.0 cm³/mol. The Morgan fingerprint density at radius 2 is 2.00 bits per heavy atom. The summed E-state index contributed by atoms with van der Waals surface area (Å²) >= 11 is 6.03. The molecule has 1 heterocycles. The van der Waals surface area contributed by atoms with Crippen molar-refractivity contribution in [1.29, 1.82) is 0 Å². The highest BCUT2D eigenvalue weighted by Crippen LogP contribution is 2.21. The van der Waals surface area contributed by atoms with Gasteiger partial charge in [-0.15, -0.1) is 0 Å². The molecule has 1 aromatic carbocycles. The number of nitrogens with zero attached hydrogens (tertiary/aromatic N) is 2. The standard InChI is InChI=1S/C14H14ClN3O/c1-16-13-12(15)8-10(9-17-13)14(19)18(2)11-6-4-3-5-7-11/h3-9H,1-2H3,(H,16,17). The second-order valence-electron chi connectivity index (χ2n) is 4.00. The van der Waals surface area contributed by atoms with Gasteiger partial charge >= 0.3 is 0 Å². The molecule has 0 atom stereocenters. The molecule has 1 amide bonds. The summed E-state index contributed by atoms with van der Waals surface area (Å²) in [6.07, 6.45) is 1.51. The molecule has 0 aliphatic carbocycles. The second kappa shape index (κ2) is 5.71. The first-order chi connectivity index (χ1) is 9.13. The van der Waals surface area contributed by atoms with Crippen LogP contribution in [0.1, 0.15) is 10.4 Å². The van der Waals surface area contributed by atoms with Crippen molar-refractivity contribution in [3.05, 3.63) is 53.2 Å². The fourth-order valence-corrected chi connectivity index (χ4v) is 1.96. The van der Waals surface area contributed by atoms with E-state index in [1.54, 1.807) is 25.1 Å². The Hall–Kier alpha value is -2.07. The fraction of sp³-hybridized carbons (Fsp3) is 0.143. The summed E-state index contributed by atoms with van der Waals surface area (Å²) in [5, 5.41) is 3.28. The van der Waals surface area contributed by atoms with E-state index in [2.05, 4.69) is 10.3 Å². The molecular formula is C14H14ClN3O. The van der Waals surface area contributed by atoms with Gasteiger partial charge in [0.05, 0.1) is 10.6 Å². The number of pyridine rings is 1. The molecule has 0 fully saturated rings. The summed E-state index contributed by atoms with van der Waals surface area (Å²) in [5.41, 5.74) is 1.27. The lowest BCUT2D eigenvalue weighted by Gasteiger charge is -2.17. The average molecular weight is 276 g/mol. The van der Waals surface area contributed by atoms with Crippen molar-refractivity contribution in [2.24, 2.45) is 0 Å². The number of hydrogen-bond acceptors (Lipinski definition) is 3.